The second-order valence-corrected chi connectivity index (χ2v) is 4.90. The van der Waals surface area contributed by atoms with E-state index >= 15 is 0 Å². The van der Waals surface area contributed by atoms with E-state index in [0.29, 0.717) is 17.8 Å². The van der Waals surface area contributed by atoms with Gasteiger partial charge in [-0.2, -0.15) is 0 Å². The maximum atomic E-state index is 13.2. The molecule has 0 aromatic heterocycles. The van der Waals surface area contributed by atoms with Crippen molar-refractivity contribution in [2.45, 2.75) is 25.9 Å². The van der Waals surface area contributed by atoms with Crippen LogP contribution in [0.3, 0.4) is 0 Å². The predicted molar refractivity (Wildman–Crippen MR) is 69.2 cm³/mol. The van der Waals surface area contributed by atoms with Crippen LogP contribution in [0.2, 0.25) is 0 Å². The van der Waals surface area contributed by atoms with Crippen molar-refractivity contribution in [2.24, 2.45) is 5.73 Å². The molecule has 0 radical (unpaired) electrons. The molecule has 0 bridgehead atoms. The van der Waals surface area contributed by atoms with Crippen LogP contribution in [-0.4, -0.2) is 31.1 Å². The fourth-order valence-corrected chi connectivity index (χ4v) is 2.50. The average Bonchev–Trinajstić information content (AvgIpc) is 2.27. The highest BCUT2D eigenvalue weighted by Crippen LogP contribution is 2.23. The SMILES string of the molecule is CC1CN(c2ccc(F)cc2C(N)=O)CC(C)N1. The van der Waals surface area contributed by atoms with Crippen molar-refractivity contribution in [2.75, 3.05) is 18.0 Å². The Balaban J connectivity index is 2.35. The smallest absolute Gasteiger partial charge is 0.250 e. The number of nitrogens with two attached hydrogens (primary N) is 1. The van der Waals surface area contributed by atoms with E-state index in [1.54, 1.807) is 6.07 Å². The van der Waals surface area contributed by atoms with E-state index in [0.717, 1.165) is 13.1 Å². The van der Waals surface area contributed by atoms with Crippen LogP contribution in [0.4, 0.5) is 10.1 Å². The zero-order valence-electron chi connectivity index (χ0n) is 10.6. The Morgan fingerprint density at radius 1 is 1.39 bits per heavy atom. The molecule has 98 valence electrons. The van der Waals surface area contributed by atoms with Gasteiger partial charge >= 0.3 is 0 Å². The van der Waals surface area contributed by atoms with E-state index in [9.17, 15) is 9.18 Å². The molecule has 2 unspecified atom stereocenters. The van der Waals surface area contributed by atoms with Crippen molar-refractivity contribution < 1.29 is 9.18 Å². The second kappa shape index (κ2) is 4.94. The Bertz CT molecular complexity index is 454. The first kappa shape index (κ1) is 12.8. The third-order valence-electron chi connectivity index (χ3n) is 3.12. The van der Waals surface area contributed by atoms with E-state index in [4.69, 9.17) is 5.73 Å². The lowest BCUT2D eigenvalue weighted by atomic mass is 10.1. The van der Waals surface area contributed by atoms with Crippen molar-refractivity contribution in [1.82, 2.24) is 5.32 Å². The van der Waals surface area contributed by atoms with Gasteiger partial charge in [0.25, 0.3) is 5.91 Å². The van der Waals surface area contributed by atoms with Crippen LogP contribution in [0.1, 0.15) is 24.2 Å². The van der Waals surface area contributed by atoms with Crippen LogP contribution in [0.5, 0.6) is 0 Å². The summed E-state index contributed by atoms with van der Waals surface area (Å²) in [6, 6.07) is 4.83. The number of nitrogens with zero attached hydrogens (tertiary/aromatic N) is 1. The minimum Gasteiger partial charge on any atom is -0.368 e. The zero-order valence-corrected chi connectivity index (χ0v) is 10.6. The molecule has 1 aliphatic rings. The molecule has 2 rings (SSSR count). The maximum absolute atomic E-state index is 13.2. The van der Waals surface area contributed by atoms with E-state index < -0.39 is 11.7 Å². The summed E-state index contributed by atoms with van der Waals surface area (Å²) >= 11 is 0. The molecule has 0 spiro atoms. The highest BCUT2D eigenvalue weighted by molar-refractivity contribution is 5.98. The molecule has 3 N–H and O–H groups in total. The van der Waals surface area contributed by atoms with Crippen LogP contribution in [0.25, 0.3) is 0 Å². The van der Waals surface area contributed by atoms with Gasteiger partial charge < -0.3 is 16.0 Å². The molecule has 1 aromatic rings. The lowest BCUT2D eigenvalue weighted by molar-refractivity contribution is 0.1000. The average molecular weight is 251 g/mol. The zero-order chi connectivity index (χ0) is 13.3. The summed E-state index contributed by atoms with van der Waals surface area (Å²) in [7, 11) is 0. The van der Waals surface area contributed by atoms with Crippen LogP contribution in [-0.2, 0) is 0 Å². The van der Waals surface area contributed by atoms with Gasteiger partial charge in [0, 0.05) is 30.9 Å². The number of anilines is 1. The van der Waals surface area contributed by atoms with Gasteiger partial charge in [0.05, 0.1) is 5.56 Å². The van der Waals surface area contributed by atoms with E-state index in [-0.39, 0.29) is 5.56 Å². The summed E-state index contributed by atoms with van der Waals surface area (Å²) < 4.78 is 13.2. The highest BCUT2D eigenvalue weighted by Gasteiger charge is 2.24. The van der Waals surface area contributed by atoms with Crippen LogP contribution in [0.15, 0.2) is 18.2 Å². The van der Waals surface area contributed by atoms with Gasteiger partial charge in [0.15, 0.2) is 0 Å². The highest BCUT2D eigenvalue weighted by atomic mass is 19.1. The van der Waals surface area contributed by atoms with Crippen LogP contribution in [0, 0.1) is 5.82 Å². The van der Waals surface area contributed by atoms with Crippen LogP contribution < -0.4 is 16.0 Å². The first-order chi connectivity index (χ1) is 8.47. The van der Waals surface area contributed by atoms with Crippen LogP contribution >= 0.6 is 0 Å². The number of carbonyl (C=O) groups excluding carboxylic acids is 1. The summed E-state index contributed by atoms with van der Waals surface area (Å²) in [5.41, 5.74) is 6.27. The molecule has 1 aromatic carbocycles. The second-order valence-electron chi connectivity index (χ2n) is 4.90. The van der Waals surface area contributed by atoms with Crippen molar-refractivity contribution in [1.29, 1.82) is 0 Å². The number of hydrogen-bond acceptors (Lipinski definition) is 3. The molecule has 0 saturated carbocycles. The number of primary amides is 1. The molecular formula is C13H18FN3O. The minimum atomic E-state index is -0.594. The summed E-state index contributed by atoms with van der Waals surface area (Å²) in [4.78, 5) is 13.5. The summed E-state index contributed by atoms with van der Waals surface area (Å²) in [5.74, 6) is -1.04. The fourth-order valence-electron chi connectivity index (χ4n) is 2.50. The molecule has 1 aliphatic heterocycles. The molecule has 1 heterocycles. The predicted octanol–water partition coefficient (Wildman–Crippen LogP) is 1.11. The van der Waals surface area contributed by atoms with Crippen molar-refractivity contribution >= 4 is 11.6 Å². The number of hydrogen-bond donors (Lipinski definition) is 2. The molecule has 5 heteroatoms. The molecule has 18 heavy (non-hydrogen) atoms. The van der Waals surface area contributed by atoms with Crippen molar-refractivity contribution in [3.63, 3.8) is 0 Å². The van der Waals surface area contributed by atoms with Gasteiger partial charge in [-0.1, -0.05) is 0 Å². The normalized spacial score (nSPS) is 24.1. The van der Waals surface area contributed by atoms with E-state index in [1.807, 2.05) is 0 Å². The van der Waals surface area contributed by atoms with Crippen molar-refractivity contribution in [3.8, 4) is 0 Å². The number of piperazine rings is 1. The fraction of sp³-hybridized carbons (Fsp3) is 0.462. The molecule has 1 amide bonds. The first-order valence-electron chi connectivity index (χ1n) is 6.07. The Kier molecular flexibility index (Phi) is 3.52. The Morgan fingerprint density at radius 2 is 2.00 bits per heavy atom. The van der Waals surface area contributed by atoms with E-state index in [2.05, 4.69) is 24.1 Å². The third-order valence-corrected chi connectivity index (χ3v) is 3.12. The van der Waals surface area contributed by atoms with Gasteiger partial charge in [-0.15, -0.1) is 0 Å². The summed E-state index contributed by atoms with van der Waals surface area (Å²) in [6.45, 7) is 5.71. The quantitative estimate of drug-likeness (QED) is 0.828. The summed E-state index contributed by atoms with van der Waals surface area (Å²) in [6.07, 6.45) is 0. The van der Waals surface area contributed by atoms with Gasteiger partial charge in [-0.05, 0) is 32.0 Å². The molecule has 0 aliphatic carbocycles. The maximum Gasteiger partial charge on any atom is 0.250 e. The summed E-state index contributed by atoms with van der Waals surface area (Å²) in [5, 5.41) is 3.41. The molecule has 4 nitrogen and oxygen atoms in total. The molecule has 1 fully saturated rings. The largest absolute Gasteiger partial charge is 0.368 e. The monoisotopic (exact) mass is 251 g/mol. The Morgan fingerprint density at radius 3 is 2.56 bits per heavy atom. The number of halogens is 1. The Labute approximate surface area is 106 Å². The lowest BCUT2D eigenvalue weighted by Gasteiger charge is -2.38. The third kappa shape index (κ3) is 2.61. The molecular weight excluding hydrogens is 233 g/mol. The van der Waals surface area contributed by atoms with Gasteiger partial charge in [-0.3, -0.25) is 4.79 Å². The topological polar surface area (TPSA) is 58.4 Å². The van der Waals surface area contributed by atoms with Gasteiger partial charge in [0.2, 0.25) is 0 Å². The van der Waals surface area contributed by atoms with Gasteiger partial charge in [-0.25, -0.2) is 4.39 Å². The number of amides is 1. The van der Waals surface area contributed by atoms with E-state index in [1.165, 1.54) is 12.1 Å². The molecule has 1 saturated heterocycles. The Hall–Kier alpha value is -1.62. The first-order valence-corrected chi connectivity index (χ1v) is 6.07. The standard InChI is InChI=1S/C13H18FN3O/c1-8-6-17(7-9(2)16-8)12-4-3-10(14)5-11(12)13(15)18/h3-5,8-9,16H,6-7H2,1-2H3,(H2,15,18). The lowest BCUT2D eigenvalue weighted by Crippen LogP contribution is -2.54. The van der Waals surface area contributed by atoms with Crippen molar-refractivity contribution in [3.05, 3.63) is 29.6 Å². The number of rotatable bonds is 2. The van der Waals surface area contributed by atoms with Gasteiger partial charge in [0.1, 0.15) is 5.82 Å². The molecule has 2 atom stereocenters. The minimum absolute atomic E-state index is 0.247. The number of nitrogens with one attached hydrogen (secondary N) is 1. The number of benzene rings is 1. The number of carbonyl (C=O) groups is 1.